The van der Waals surface area contributed by atoms with E-state index in [1.807, 2.05) is 0 Å². The SMILES string of the molecule is CC(=O)N[C@@H]1[C@@H](Oc2cc3sc(=O)oc3c(Cl)c2Cl)O[C@@H](CO)[C@@H](O)[C@H]1O. The summed E-state index contributed by atoms with van der Waals surface area (Å²) >= 11 is 13.1. The van der Waals surface area contributed by atoms with Crippen LogP contribution in [0, 0.1) is 0 Å². The van der Waals surface area contributed by atoms with Gasteiger partial charge in [-0.3, -0.25) is 4.79 Å². The number of amides is 1. The summed E-state index contributed by atoms with van der Waals surface area (Å²) in [5.74, 6) is -0.495. The molecule has 148 valence electrons. The van der Waals surface area contributed by atoms with Crippen LogP contribution in [0.2, 0.25) is 10.0 Å². The number of hydrogen-bond donors (Lipinski definition) is 4. The lowest BCUT2D eigenvalue weighted by molar-refractivity contribution is -0.244. The lowest BCUT2D eigenvalue weighted by Gasteiger charge is -2.42. The molecule has 0 saturated carbocycles. The van der Waals surface area contributed by atoms with Crippen LogP contribution >= 0.6 is 34.5 Å². The minimum absolute atomic E-state index is 0.00634. The third-order valence-corrected chi connectivity index (χ3v) is 5.57. The fraction of sp³-hybridized carbons (Fsp3) is 0.467. The van der Waals surface area contributed by atoms with Gasteiger partial charge in [-0.15, -0.1) is 0 Å². The van der Waals surface area contributed by atoms with Crippen LogP contribution in [0.25, 0.3) is 10.3 Å². The van der Waals surface area contributed by atoms with Crippen molar-refractivity contribution in [3.8, 4) is 5.75 Å². The van der Waals surface area contributed by atoms with Crippen LogP contribution in [0.5, 0.6) is 5.75 Å². The number of fused-ring (bicyclic) bond motifs is 1. The summed E-state index contributed by atoms with van der Waals surface area (Å²) < 4.78 is 16.5. The minimum atomic E-state index is -1.48. The Balaban J connectivity index is 1.97. The Labute approximate surface area is 166 Å². The van der Waals surface area contributed by atoms with Crippen molar-refractivity contribution in [2.45, 2.75) is 37.6 Å². The van der Waals surface area contributed by atoms with Crippen molar-refractivity contribution in [2.75, 3.05) is 6.61 Å². The van der Waals surface area contributed by atoms with Gasteiger partial charge in [-0.05, 0) is 0 Å². The molecule has 1 aromatic heterocycles. The maximum Gasteiger partial charge on any atom is 0.396 e. The highest BCUT2D eigenvalue weighted by Crippen LogP contribution is 2.40. The van der Waals surface area contributed by atoms with Crippen molar-refractivity contribution in [2.24, 2.45) is 0 Å². The van der Waals surface area contributed by atoms with Crippen LogP contribution in [0.1, 0.15) is 6.92 Å². The van der Waals surface area contributed by atoms with E-state index in [0.29, 0.717) is 4.70 Å². The van der Waals surface area contributed by atoms with Gasteiger partial charge in [-0.2, -0.15) is 0 Å². The normalized spacial score (nSPS) is 28.3. The van der Waals surface area contributed by atoms with Crippen LogP contribution in [0.15, 0.2) is 15.3 Å². The first kappa shape index (κ1) is 20.3. The fourth-order valence-corrected chi connectivity index (χ4v) is 3.89. The zero-order valence-corrected chi connectivity index (χ0v) is 16.0. The van der Waals surface area contributed by atoms with E-state index in [4.69, 9.17) is 37.1 Å². The molecule has 1 aliphatic heterocycles. The average Bonchev–Trinajstić information content (AvgIpc) is 2.99. The highest BCUT2D eigenvalue weighted by molar-refractivity contribution is 7.16. The first-order valence-electron chi connectivity index (χ1n) is 7.70. The average molecular weight is 440 g/mol. The predicted octanol–water partition coefficient (Wildman–Crippen LogP) is 0.484. The van der Waals surface area contributed by atoms with E-state index in [2.05, 4.69) is 5.32 Å². The Kier molecular flexibility index (Phi) is 5.96. The van der Waals surface area contributed by atoms with Crippen LogP contribution in [-0.4, -0.2) is 58.5 Å². The number of carbonyl (C=O) groups is 1. The highest BCUT2D eigenvalue weighted by Gasteiger charge is 2.46. The van der Waals surface area contributed by atoms with Gasteiger partial charge in [0.2, 0.25) is 12.2 Å². The van der Waals surface area contributed by atoms with E-state index < -0.39 is 48.1 Å². The molecule has 3 rings (SSSR count). The summed E-state index contributed by atoms with van der Waals surface area (Å²) in [7, 11) is 0. The molecule has 0 aliphatic carbocycles. The van der Waals surface area contributed by atoms with Crippen LogP contribution < -0.4 is 15.0 Å². The number of nitrogens with one attached hydrogen (secondary N) is 1. The van der Waals surface area contributed by atoms with Crippen molar-refractivity contribution < 1.29 is 34.0 Å². The molecular weight excluding hydrogens is 425 g/mol. The summed E-state index contributed by atoms with van der Waals surface area (Å²) in [5, 5.41) is 32.0. The lowest BCUT2D eigenvalue weighted by Crippen LogP contribution is -2.65. The van der Waals surface area contributed by atoms with Crippen LogP contribution in [-0.2, 0) is 9.53 Å². The molecule has 1 saturated heterocycles. The molecule has 0 bridgehead atoms. The molecule has 0 unspecified atom stereocenters. The Morgan fingerprint density at radius 2 is 2.04 bits per heavy atom. The number of hydrogen-bond acceptors (Lipinski definition) is 9. The number of aliphatic hydroxyl groups is 3. The Hall–Kier alpha value is -1.40. The second-order valence-electron chi connectivity index (χ2n) is 5.83. The van der Waals surface area contributed by atoms with E-state index in [1.165, 1.54) is 13.0 Å². The third-order valence-electron chi connectivity index (χ3n) is 3.97. The van der Waals surface area contributed by atoms with Gasteiger partial charge in [-0.1, -0.05) is 34.5 Å². The number of aliphatic hydroxyl groups excluding tert-OH is 3. The molecule has 12 heteroatoms. The van der Waals surface area contributed by atoms with E-state index in [-0.39, 0.29) is 21.4 Å². The molecule has 4 N–H and O–H groups in total. The second kappa shape index (κ2) is 7.92. The van der Waals surface area contributed by atoms with Gasteiger partial charge < -0.3 is 34.5 Å². The quantitative estimate of drug-likeness (QED) is 0.539. The minimum Gasteiger partial charge on any atom is -0.461 e. The van der Waals surface area contributed by atoms with Crippen molar-refractivity contribution >= 4 is 50.7 Å². The van der Waals surface area contributed by atoms with Crippen molar-refractivity contribution in [1.29, 1.82) is 0 Å². The highest BCUT2D eigenvalue weighted by atomic mass is 35.5. The molecule has 1 aromatic carbocycles. The van der Waals surface area contributed by atoms with Crippen LogP contribution in [0.4, 0.5) is 0 Å². The van der Waals surface area contributed by atoms with Crippen LogP contribution in [0.3, 0.4) is 0 Å². The van der Waals surface area contributed by atoms with Crippen molar-refractivity contribution in [3.63, 3.8) is 0 Å². The molecule has 2 aromatic rings. The smallest absolute Gasteiger partial charge is 0.396 e. The molecule has 1 fully saturated rings. The van der Waals surface area contributed by atoms with Gasteiger partial charge in [0, 0.05) is 13.0 Å². The largest absolute Gasteiger partial charge is 0.461 e. The summed E-state index contributed by atoms with van der Waals surface area (Å²) in [4.78, 5) is 22.3. The van der Waals surface area contributed by atoms with E-state index in [0.717, 1.165) is 11.3 Å². The maximum atomic E-state index is 11.5. The first-order valence-corrected chi connectivity index (χ1v) is 9.28. The summed E-state index contributed by atoms with van der Waals surface area (Å²) in [6.45, 7) is 0.620. The fourth-order valence-electron chi connectivity index (χ4n) is 2.71. The first-order chi connectivity index (χ1) is 12.7. The van der Waals surface area contributed by atoms with Gasteiger partial charge in [0.1, 0.15) is 40.1 Å². The molecule has 27 heavy (non-hydrogen) atoms. The van der Waals surface area contributed by atoms with Gasteiger partial charge in [0.25, 0.3) is 0 Å². The van der Waals surface area contributed by atoms with E-state index in [1.54, 1.807) is 0 Å². The number of benzene rings is 1. The monoisotopic (exact) mass is 439 g/mol. The Morgan fingerprint density at radius 3 is 2.67 bits per heavy atom. The standard InChI is InChI=1S/C15H15Cl2NO8S/c1-4(20)18-10-12(22)11(21)6(3-19)25-14(10)24-5-2-7-13(9(17)8(5)16)26-15(23)27-7/h2,6,10-12,14,19,21-22H,3H2,1H3,(H,18,20)/t6-,10-,11+,12-,14-/m0/s1. The topological polar surface area (TPSA) is 138 Å². The third kappa shape index (κ3) is 3.92. The molecule has 9 nitrogen and oxygen atoms in total. The molecule has 1 aliphatic rings. The molecule has 2 heterocycles. The number of ether oxygens (including phenoxy) is 2. The zero-order valence-electron chi connectivity index (χ0n) is 13.7. The van der Waals surface area contributed by atoms with Gasteiger partial charge >= 0.3 is 4.94 Å². The Bertz CT molecular complexity index is 915. The Morgan fingerprint density at radius 1 is 1.33 bits per heavy atom. The van der Waals surface area contributed by atoms with Gasteiger partial charge in [0.05, 0.1) is 11.3 Å². The maximum absolute atomic E-state index is 11.5. The predicted molar refractivity (Wildman–Crippen MR) is 96.4 cm³/mol. The van der Waals surface area contributed by atoms with E-state index >= 15 is 0 Å². The van der Waals surface area contributed by atoms with E-state index in [9.17, 15) is 24.9 Å². The summed E-state index contributed by atoms with van der Waals surface area (Å²) in [6, 6.07) is 0.243. The molecule has 0 spiro atoms. The number of carbonyl (C=O) groups excluding carboxylic acids is 1. The molecule has 1 amide bonds. The zero-order chi connectivity index (χ0) is 19.9. The molecule has 0 radical (unpaired) electrons. The molecular formula is C15H15Cl2NO8S. The number of rotatable bonds is 4. The van der Waals surface area contributed by atoms with Crippen molar-refractivity contribution in [1.82, 2.24) is 5.32 Å². The van der Waals surface area contributed by atoms with Crippen molar-refractivity contribution in [3.05, 3.63) is 25.8 Å². The number of halogens is 2. The molecule has 5 atom stereocenters. The lowest BCUT2D eigenvalue weighted by atomic mass is 9.97. The second-order valence-corrected chi connectivity index (χ2v) is 7.57. The summed E-state index contributed by atoms with van der Waals surface area (Å²) in [5.41, 5.74) is 0.107. The van der Waals surface area contributed by atoms with Gasteiger partial charge in [0.15, 0.2) is 5.58 Å². The van der Waals surface area contributed by atoms with Gasteiger partial charge in [-0.25, -0.2) is 4.79 Å². The summed E-state index contributed by atoms with van der Waals surface area (Å²) in [6.07, 6.45) is -5.39.